The molecule has 27 heavy (non-hydrogen) atoms. The lowest BCUT2D eigenvalue weighted by atomic mass is 9.77. The number of fused-ring (bicyclic) bond motifs is 1. The first kappa shape index (κ1) is 17.9. The molecule has 2 fully saturated rings. The Kier molecular flexibility index (Phi) is 4.38. The number of urea groups is 1. The van der Waals surface area contributed by atoms with Crippen LogP contribution in [-0.4, -0.2) is 33.7 Å². The lowest BCUT2D eigenvalue weighted by Crippen LogP contribution is -2.49. The molecule has 1 aromatic carbocycles. The van der Waals surface area contributed by atoms with Crippen LogP contribution in [0, 0.1) is 12.8 Å². The van der Waals surface area contributed by atoms with Crippen LogP contribution in [0.1, 0.15) is 43.7 Å². The van der Waals surface area contributed by atoms with Crippen molar-refractivity contribution in [3.63, 3.8) is 0 Å². The summed E-state index contributed by atoms with van der Waals surface area (Å²) in [6.07, 6.45) is 4.58. The van der Waals surface area contributed by atoms with Crippen LogP contribution in [0.15, 0.2) is 29.4 Å². The van der Waals surface area contributed by atoms with Crippen molar-refractivity contribution in [1.82, 2.24) is 15.3 Å². The number of carbonyl (C=O) groups is 2. The summed E-state index contributed by atoms with van der Waals surface area (Å²) >= 11 is 6.27. The molecule has 4 rings (SSSR count). The topological polar surface area (TPSA) is 74.7 Å². The van der Waals surface area contributed by atoms with Gasteiger partial charge in [0.05, 0.1) is 11.7 Å². The summed E-state index contributed by atoms with van der Waals surface area (Å²) in [4.78, 5) is 29.5. The first-order chi connectivity index (χ1) is 12.9. The Bertz CT molecular complexity index is 964. The lowest BCUT2D eigenvalue weighted by Gasteiger charge is -2.33. The molecular formula is C20H21ClN4O2. The molecule has 1 spiro atoms. The monoisotopic (exact) mass is 384 g/mol. The average molecular weight is 385 g/mol. The van der Waals surface area contributed by atoms with Gasteiger partial charge in [-0.15, -0.1) is 5.01 Å². The van der Waals surface area contributed by atoms with Crippen molar-refractivity contribution >= 4 is 40.7 Å². The zero-order chi connectivity index (χ0) is 19.2. The highest BCUT2D eigenvalue weighted by Gasteiger charge is 2.52. The maximum absolute atomic E-state index is 12.8. The van der Waals surface area contributed by atoms with Gasteiger partial charge in [0.1, 0.15) is 10.7 Å². The molecule has 1 N–H and O–H groups in total. The van der Waals surface area contributed by atoms with Crippen LogP contribution >= 0.6 is 11.6 Å². The number of nitrogens with zero attached hydrogens (tertiary/aromatic N) is 3. The van der Waals surface area contributed by atoms with E-state index in [0.29, 0.717) is 24.3 Å². The van der Waals surface area contributed by atoms with Crippen molar-refractivity contribution in [2.75, 3.05) is 0 Å². The average Bonchev–Trinajstić information content (AvgIpc) is 2.86. The van der Waals surface area contributed by atoms with Gasteiger partial charge in [-0.2, -0.15) is 5.10 Å². The Hall–Kier alpha value is -2.47. The number of carbonyl (C=O) groups excluding carboxylic acids is 2. The normalized spacial score (nSPS) is 25.7. The van der Waals surface area contributed by atoms with Gasteiger partial charge in [-0.05, 0) is 56.2 Å². The van der Waals surface area contributed by atoms with Crippen LogP contribution in [0.25, 0.3) is 10.9 Å². The number of aromatic nitrogens is 1. The minimum atomic E-state index is -0.802. The van der Waals surface area contributed by atoms with Crippen molar-refractivity contribution in [2.45, 2.75) is 45.1 Å². The summed E-state index contributed by atoms with van der Waals surface area (Å²) in [6.45, 7) is 4.16. The first-order valence-corrected chi connectivity index (χ1v) is 9.53. The molecule has 3 amide bonds. The third kappa shape index (κ3) is 3.18. The molecule has 0 unspecified atom stereocenters. The second-order valence-electron chi connectivity index (χ2n) is 7.62. The minimum Gasteiger partial charge on any atom is -0.321 e. The molecule has 7 heteroatoms. The highest BCUT2D eigenvalue weighted by atomic mass is 35.5. The van der Waals surface area contributed by atoms with Crippen molar-refractivity contribution in [3.8, 4) is 0 Å². The van der Waals surface area contributed by atoms with Crippen molar-refractivity contribution < 1.29 is 9.59 Å². The number of pyridine rings is 1. The van der Waals surface area contributed by atoms with E-state index in [1.54, 1.807) is 0 Å². The SMILES string of the molecule is Cc1ccc2cc(/C=N\N3C(=O)NC4(CCC(C)CC4)C3=O)c(Cl)nc2c1. The van der Waals surface area contributed by atoms with Crippen LogP contribution in [0.3, 0.4) is 0 Å². The van der Waals surface area contributed by atoms with Crippen LogP contribution in [0.4, 0.5) is 4.79 Å². The standard InChI is InChI=1S/C20H21ClN4O2/c1-12-5-7-20(8-6-12)18(26)25(19(27)24-20)22-11-15-10-14-4-3-13(2)9-16(14)23-17(15)21/h3-4,9-12H,5-8H2,1-2H3,(H,24,27)/b22-11-. The summed E-state index contributed by atoms with van der Waals surface area (Å²) in [5.74, 6) is 0.292. The highest BCUT2D eigenvalue weighted by molar-refractivity contribution is 6.32. The van der Waals surface area contributed by atoms with E-state index in [4.69, 9.17) is 11.6 Å². The predicted molar refractivity (Wildman–Crippen MR) is 105 cm³/mol. The van der Waals surface area contributed by atoms with Gasteiger partial charge in [0.25, 0.3) is 5.91 Å². The van der Waals surface area contributed by atoms with Gasteiger partial charge in [0, 0.05) is 10.9 Å². The Balaban J connectivity index is 1.60. The van der Waals surface area contributed by atoms with E-state index in [-0.39, 0.29) is 11.1 Å². The van der Waals surface area contributed by atoms with E-state index in [0.717, 1.165) is 34.3 Å². The molecule has 0 atom stereocenters. The maximum atomic E-state index is 12.8. The summed E-state index contributed by atoms with van der Waals surface area (Å²) in [5, 5.41) is 9.11. The second-order valence-corrected chi connectivity index (χ2v) is 7.98. The third-order valence-corrected chi connectivity index (χ3v) is 5.84. The quantitative estimate of drug-likeness (QED) is 0.482. The van der Waals surface area contributed by atoms with E-state index in [9.17, 15) is 9.59 Å². The van der Waals surface area contributed by atoms with E-state index < -0.39 is 11.6 Å². The number of imide groups is 1. The Morgan fingerprint density at radius 3 is 2.78 bits per heavy atom. The number of aryl methyl sites for hydroxylation is 1. The number of hydrazone groups is 1. The molecule has 1 saturated heterocycles. The van der Waals surface area contributed by atoms with Gasteiger partial charge in [0.15, 0.2) is 0 Å². The maximum Gasteiger partial charge on any atom is 0.346 e. The molecule has 1 aromatic heterocycles. The predicted octanol–water partition coefficient (Wildman–Crippen LogP) is 4.03. The molecule has 2 aliphatic rings. The number of benzene rings is 1. The second kappa shape index (κ2) is 6.60. The minimum absolute atomic E-state index is 0.281. The Morgan fingerprint density at radius 2 is 2.04 bits per heavy atom. The largest absolute Gasteiger partial charge is 0.346 e. The van der Waals surface area contributed by atoms with Crippen molar-refractivity contribution in [2.24, 2.45) is 11.0 Å². The van der Waals surface area contributed by atoms with Gasteiger partial charge in [-0.3, -0.25) is 4.79 Å². The van der Waals surface area contributed by atoms with Crippen LogP contribution in [0.2, 0.25) is 5.15 Å². The summed E-state index contributed by atoms with van der Waals surface area (Å²) < 4.78 is 0. The first-order valence-electron chi connectivity index (χ1n) is 9.15. The molecule has 1 aliphatic carbocycles. The fourth-order valence-corrected chi connectivity index (χ4v) is 3.98. The molecule has 0 bridgehead atoms. The zero-order valence-corrected chi connectivity index (χ0v) is 16.1. The van der Waals surface area contributed by atoms with Crippen LogP contribution in [0.5, 0.6) is 0 Å². The molecule has 1 saturated carbocycles. The van der Waals surface area contributed by atoms with Gasteiger partial charge in [-0.25, -0.2) is 9.78 Å². The number of rotatable bonds is 2. The summed E-state index contributed by atoms with van der Waals surface area (Å²) in [5.41, 5.74) is 1.65. The van der Waals surface area contributed by atoms with E-state index in [1.807, 2.05) is 31.2 Å². The smallest absolute Gasteiger partial charge is 0.321 e. The number of hydrogen-bond acceptors (Lipinski definition) is 4. The van der Waals surface area contributed by atoms with E-state index in [1.165, 1.54) is 6.21 Å². The number of hydrogen-bond donors (Lipinski definition) is 1. The number of amides is 3. The molecular weight excluding hydrogens is 364 g/mol. The van der Waals surface area contributed by atoms with Gasteiger partial charge >= 0.3 is 6.03 Å². The fraction of sp³-hybridized carbons (Fsp3) is 0.400. The number of halogens is 1. The van der Waals surface area contributed by atoms with Gasteiger partial charge < -0.3 is 5.32 Å². The Labute approximate surface area is 162 Å². The van der Waals surface area contributed by atoms with Gasteiger partial charge in [-0.1, -0.05) is 30.7 Å². The molecule has 1 aliphatic heterocycles. The molecule has 2 heterocycles. The zero-order valence-electron chi connectivity index (χ0n) is 15.3. The Morgan fingerprint density at radius 1 is 1.30 bits per heavy atom. The number of nitrogens with one attached hydrogen (secondary N) is 1. The summed E-state index contributed by atoms with van der Waals surface area (Å²) in [6, 6.07) is 7.27. The highest BCUT2D eigenvalue weighted by Crippen LogP contribution is 2.36. The third-order valence-electron chi connectivity index (χ3n) is 5.53. The van der Waals surface area contributed by atoms with Crippen LogP contribution in [-0.2, 0) is 4.79 Å². The van der Waals surface area contributed by atoms with Crippen molar-refractivity contribution in [1.29, 1.82) is 0 Å². The molecule has 0 radical (unpaired) electrons. The lowest BCUT2D eigenvalue weighted by molar-refractivity contribution is -0.132. The molecule has 2 aromatic rings. The molecule has 6 nitrogen and oxygen atoms in total. The van der Waals surface area contributed by atoms with Gasteiger partial charge in [0.2, 0.25) is 0 Å². The fourth-order valence-electron chi connectivity index (χ4n) is 3.79. The summed E-state index contributed by atoms with van der Waals surface area (Å²) in [7, 11) is 0. The van der Waals surface area contributed by atoms with E-state index in [2.05, 4.69) is 22.3 Å². The van der Waals surface area contributed by atoms with E-state index >= 15 is 0 Å². The van der Waals surface area contributed by atoms with Crippen LogP contribution < -0.4 is 5.32 Å². The molecule has 140 valence electrons. The van der Waals surface area contributed by atoms with Crippen molar-refractivity contribution in [3.05, 3.63) is 40.5 Å².